The Hall–Kier alpha value is -2.98. The van der Waals surface area contributed by atoms with Crippen molar-refractivity contribution in [2.45, 2.75) is 71.4 Å². The molecule has 0 aromatic heterocycles. The topological polar surface area (TPSA) is 113 Å². The number of fused-ring (bicyclic) bond motifs is 2. The number of hydrogen-bond acceptors (Lipinski definition) is 8. The number of anilines is 1. The van der Waals surface area contributed by atoms with Crippen LogP contribution in [0.25, 0.3) is 11.1 Å². The van der Waals surface area contributed by atoms with Crippen LogP contribution in [0.1, 0.15) is 51.7 Å². The van der Waals surface area contributed by atoms with E-state index >= 15 is 0 Å². The molecule has 240 valence electrons. The first kappa shape index (κ1) is 32.4. The van der Waals surface area contributed by atoms with Gasteiger partial charge in [-0.15, -0.1) is 0 Å². The Balaban J connectivity index is 1.46. The average Bonchev–Trinajstić information content (AvgIpc) is 3.36. The van der Waals surface area contributed by atoms with E-state index in [9.17, 15) is 9.90 Å². The lowest BCUT2D eigenvalue weighted by atomic mass is 9.45. The molecule has 3 saturated carbocycles. The van der Waals surface area contributed by atoms with E-state index in [0.717, 1.165) is 34.4 Å². The minimum Gasteiger partial charge on any atom is -0.496 e. The molecule has 4 fully saturated rings. The number of nitrogens with one attached hydrogen (secondary N) is 1. The first-order valence-electron chi connectivity index (χ1n) is 15.9. The van der Waals surface area contributed by atoms with Crippen molar-refractivity contribution in [3.8, 4) is 16.9 Å². The highest BCUT2D eigenvalue weighted by atomic mass is 16.7. The van der Waals surface area contributed by atoms with Crippen LogP contribution >= 0.6 is 0 Å². The molecule has 2 aromatic rings. The van der Waals surface area contributed by atoms with Crippen LogP contribution in [0.15, 0.2) is 41.4 Å². The molecule has 2 bridgehead atoms. The predicted molar refractivity (Wildman–Crippen MR) is 176 cm³/mol. The molecule has 0 radical (unpaired) electrons. The van der Waals surface area contributed by atoms with Crippen LogP contribution in [0.2, 0.25) is 0 Å². The molecule has 0 unspecified atom stereocenters. The van der Waals surface area contributed by atoms with Crippen LogP contribution in [-0.4, -0.2) is 81.4 Å². The van der Waals surface area contributed by atoms with Crippen molar-refractivity contribution < 1.29 is 19.5 Å². The quantitative estimate of drug-likeness (QED) is 0.350. The molecular weight excluding hydrogens is 554 g/mol. The number of carbonyl (C=O) groups is 1. The normalized spacial score (nSPS) is 30.2. The Bertz CT molecular complexity index is 1370. The molecule has 1 saturated heterocycles. The van der Waals surface area contributed by atoms with Gasteiger partial charge in [0, 0.05) is 62.7 Å². The molecule has 9 nitrogen and oxygen atoms in total. The van der Waals surface area contributed by atoms with Gasteiger partial charge in [0.25, 0.3) is 0 Å². The summed E-state index contributed by atoms with van der Waals surface area (Å²) in [5.41, 5.74) is 11.3. The third kappa shape index (κ3) is 5.87. The van der Waals surface area contributed by atoms with Crippen LogP contribution in [0, 0.1) is 29.1 Å². The van der Waals surface area contributed by atoms with Crippen molar-refractivity contribution in [1.82, 2.24) is 10.4 Å². The van der Waals surface area contributed by atoms with Crippen molar-refractivity contribution >= 4 is 17.8 Å². The fourth-order valence-corrected chi connectivity index (χ4v) is 8.15. The maximum atomic E-state index is 14.1. The molecular formula is C35H51N5O4. The molecule has 1 aliphatic heterocycles. The van der Waals surface area contributed by atoms with E-state index < -0.39 is 24.2 Å². The third-order valence-electron chi connectivity index (χ3n) is 10.8. The number of hydroxylamine groups is 2. The van der Waals surface area contributed by atoms with Gasteiger partial charge < -0.3 is 25.8 Å². The number of rotatable bonds is 10. The second-order valence-electron chi connectivity index (χ2n) is 13.9. The van der Waals surface area contributed by atoms with E-state index in [0.29, 0.717) is 35.5 Å². The first-order valence-corrected chi connectivity index (χ1v) is 15.9. The lowest BCUT2D eigenvalue weighted by Crippen LogP contribution is -2.62. The van der Waals surface area contributed by atoms with Gasteiger partial charge in [-0.25, -0.2) is 0 Å². The zero-order valence-electron chi connectivity index (χ0n) is 27.6. The molecule has 4 aliphatic rings. The Labute approximate surface area is 262 Å². The van der Waals surface area contributed by atoms with Crippen molar-refractivity contribution in [2.24, 2.45) is 39.8 Å². The molecule has 8 atom stereocenters. The second kappa shape index (κ2) is 12.8. The summed E-state index contributed by atoms with van der Waals surface area (Å²) in [6, 6.07) is 11.8. The zero-order chi connectivity index (χ0) is 31.9. The molecule has 4 N–H and O–H groups in total. The fraction of sp³-hybridized carbons (Fsp3) is 0.600. The predicted octanol–water partition coefficient (Wildman–Crippen LogP) is 4.10. The maximum absolute atomic E-state index is 14.1. The number of ether oxygens (including phenoxy) is 1. The number of para-hydroxylation sites is 1. The highest BCUT2D eigenvalue weighted by Crippen LogP contribution is 2.61. The van der Waals surface area contributed by atoms with Crippen LogP contribution in [0.5, 0.6) is 5.75 Å². The Morgan fingerprint density at radius 2 is 2.05 bits per heavy atom. The minimum absolute atomic E-state index is 0.107. The van der Waals surface area contributed by atoms with Gasteiger partial charge in [-0.05, 0) is 72.3 Å². The smallest absolute Gasteiger partial charge is 0.240 e. The SMILES string of the molecule is CN=Cc1cc(-c2cccc(CN3O[C@@H](CN)[C@@H]([C@H](C)O)[C@H]3C(=O)N[C@@H]3C[C@H]4C[C@@H]([C@@H]3C)C4(C)C)c2OC)cc(N(C)C)c1. The standard InChI is InChI=1S/C35H51N5O4/c1-20-28-15-25(35(28,3)4)16-29(20)38-34(42)32-31(21(2)41)30(17-36)44-40(32)19-23-10-9-11-27(33(23)43-8)24-12-22(18-37-5)13-26(14-24)39(6)7/h9-14,18,20-21,25,28-32,41H,15-17,19,36H2,1-8H3,(H,38,42)/t20-,21-,25+,28-,29+,30-,31+,32-/m0/s1. The summed E-state index contributed by atoms with van der Waals surface area (Å²) in [5.74, 6) is 1.75. The number of aliphatic hydroxyl groups is 1. The van der Waals surface area contributed by atoms with Gasteiger partial charge >= 0.3 is 0 Å². The van der Waals surface area contributed by atoms with E-state index in [-0.39, 0.29) is 18.5 Å². The van der Waals surface area contributed by atoms with Gasteiger partial charge in [0.15, 0.2) is 0 Å². The number of methoxy groups -OCH3 is 1. The van der Waals surface area contributed by atoms with E-state index in [1.807, 2.05) is 38.5 Å². The molecule has 6 rings (SSSR count). The van der Waals surface area contributed by atoms with Crippen molar-refractivity contribution in [3.05, 3.63) is 47.5 Å². The number of carbonyl (C=O) groups excluding carboxylic acids is 1. The summed E-state index contributed by atoms with van der Waals surface area (Å²) in [7, 11) is 7.46. The van der Waals surface area contributed by atoms with Crippen molar-refractivity contribution in [3.63, 3.8) is 0 Å². The number of aliphatic imine (C=N–C) groups is 1. The molecule has 9 heteroatoms. The summed E-state index contributed by atoms with van der Waals surface area (Å²) in [5, 5.41) is 16.0. The monoisotopic (exact) mass is 605 g/mol. The van der Waals surface area contributed by atoms with Gasteiger partial charge in [0.05, 0.1) is 25.9 Å². The number of nitrogens with two attached hydrogens (primary N) is 1. The molecule has 1 heterocycles. The number of benzene rings is 2. The van der Waals surface area contributed by atoms with Gasteiger partial charge in [-0.3, -0.25) is 14.6 Å². The first-order chi connectivity index (χ1) is 20.9. The van der Waals surface area contributed by atoms with Gasteiger partial charge in [-0.1, -0.05) is 39.0 Å². The third-order valence-corrected chi connectivity index (χ3v) is 10.8. The molecule has 0 spiro atoms. The molecule has 3 aliphatic carbocycles. The Kier molecular flexibility index (Phi) is 9.42. The Morgan fingerprint density at radius 1 is 1.30 bits per heavy atom. The Morgan fingerprint density at radius 3 is 2.64 bits per heavy atom. The minimum atomic E-state index is -0.777. The highest BCUT2D eigenvalue weighted by Gasteiger charge is 2.57. The summed E-state index contributed by atoms with van der Waals surface area (Å²) < 4.78 is 6.03. The number of aliphatic hydroxyl groups excluding tert-OH is 1. The van der Waals surface area contributed by atoms with E-state index in [1.165, 1.54) is 6.42 Å². The number of nitrogens with zero attached hydrogens (tertiary/aromatic N) is 3. The summed E-state index contributed by atoms with van der Waals surface area (Å²) in [4.78, 5) is 26.8. The summed E-state index contributed by atoms with van der Waals surface area (Å²) in [6.45, 7) is 9.20. The van der Waals surface area contributed by atoms with Crippen LogP contribution < -0.4 is 20.7 Å². The van der Waals surface area contributed by atoms with E-state index in [4.69, 9.17) is 15.3 Å². The largest absolute Gasteiger partial charge is 0.496 e. The fourth-order valence-electron chi connectivity index (χ4n) is 8.15. The summed E-state index contributed by atoms with van der Waals surface area (Å²) >= 11 is 0. The molecule has 2 aromatic carbocycles. The second-order valence-corrected chi connectivity index (χ2v) is 13.9. The van der Waals surface area contributed by atoms with E-state index in [2.05, 4.69) is 54.2 Å². The number of amides is 1. The van der Waals surface area contributed by atoms with E-state index in [1.54, 1.807) is 26.1 Å². The van der Waals surface area contributed by atoms with Crippen LogP contribution in [0.3, 0.4) is 0 Å². The highest BCUT2D eigenvalue weighted by molar-refractivity contribution is 5.87. The van der Waals surface area contributed by atoms with Gasteiger partial charge in [-0.2, -0.15) is 5.06 Å². The molecule has 44 heavy (non-hydrogen) atoms. The van der Waals surface area contributed by atoms with Crippen LogP contribution in [0.4, 0.5) is 5.69 Å². The van der Waals surface area contributed by atoms with Crippen molar-refractivity contribution in [2.75, 3.05) is 39.7 Å². The maximum Gasteiger partial charge on any atom is 0.240 e. The number of hydrogen-bond donors (Lipinski definition) is 3. The van der Waals surface area contributed by atoms with Gasteiger partial charge in [0.1, 0.15) is 11.8 Å². The van der Waals surface area contributed by atoms with Crippen LogP contribution in [-0.2, 0) is 16.2 Å². The van der Waals surface area contributed by atoms with Gasteiger partial charge in [0.2, 0.25) is 5.91 Å². The average molecular weight is 606 g/mol. The lowest BCUT2D eigenvalue weighted by Gasteiger charge is -2.62. The van der Waals surface area contributed by atoms with Crippen molar-refractivity contribution in [1.29, 1.82) is 0 Å². The lowest BCUT2D eigenvalue weighted by molar-refractivity contribution is -0.175. The molecule has 1 amide bonds. The summed E-state index contributed by atoms with van der Waals surface area (Å²) in [6.07, 6.45) is 2.81. The zero-order valence-corrected chi connectivity index (χ0v) is 27.6.